The Bertz CT molecular complexity index is 790. The van der Waals surface area contributed by atoms with E-state index in [2.05, 4.69) is 16.9 Å². The van der Waals surface area contributed by atoms with Gasteiger partial charge in [0.15, 0.2) is 0 Å². The maximum absolute atomic E-state index is 12.4. The van der Waals surface area contributed by atoms with E-state index >= 15 is 0 Å². The molecule has 0 saturated carbocycles. The number of hydrogen-bond acceptors (Lipinski definition) is 4. The van der Waals surface area contributed by atoms with Crippen LogP contribution in [0.2, 0.25) is 5.02 Å². The molecule has 3 rings (SSSR count). The number of piperazine rings is 1. The number of amides is 1. The van der Waals surface area contributed by atoms with Gasteiger partial charge in [-0.1, -0.05) is 23.7 Å². The molecule has 7 nitrogen and oxygen atoms in total. The van der Waals surface area contributed by atoms with Gasteiger partial charge < -0.3 is 4.90 Å². The predicted molar refractivity (Wildman–Crippen MR) is 95.5 cm³/mol. The summed E-state index contributed by atoms with van der Waals surface area (Å²) >= 11 is 5.95. The second kappa shape index (κ2) is 7.41. The van der Waals surface area contributed by atoms with E-state index in [0.717, 1.165) is 18.1 Å². The quantitative estimate of drug-likeness (QED) is 0.817. The summed E-state index contributed by atoms with van der Waals surface area (Å²) in [6, 6.07) is 8.15. The van der Waals surface area contributed by atoms with Crippen LogP contribution in [0, 0.1) is 0 Å². The minimum atomic E-state index is -0.275. The highest BCUT2D eigenvalue weighted by molar-refractivity contribution is 6.30. The van der Waals surface area contributed by atoms with Crippen LogP contribution in [0.1, 0.15) is 18.5 Å². The van der Waals surface area contributed by atoms with Crippen molar-refractivity contribution in [1.29, 1.82) is 0 Å². The summed E-state index contributed by atoms with van der Waals surface area (Å²) in [7, 11) is 1.62. The molecule has 0 spiro atoms. The molecule has 1 aliphatic heterocycles. The van der Waals surface area contributed by atoms with Gasteiger partial charge in [0.1, 0.15) is 12.9 Å². The third kappa shape index (κ3) is 3.93. The predicted octanol–water partition coefficient (Wildman–Crippen LogP) is 1.14. The normalized spacial score (nSPS) is 16.8. The molecule has 1 amide bonds. The first kappa shape index (κ1) is 17.7. The molecular formula is C17H22ClN5O2. The number of aromatic nitrogens is 3. The van der Waals surface area contributed by atoms with Crippen molar-refractivity contribution in [1.82, 2.24) is 24.1 Å². The standard InChI is InChI=1S/C17H22ClN5O2/c1-13(14-3-5-15(18)6-4-14)21-7-9-22(10-8-21)16(24)11-23-17(25)20(2)12-19-23/h3-6,12-13H,7-11H2,1-2H3. The van der Waals surface area contributed by atoms with E-state index in [0.29, 0.717) is 13.1 Å². The van der Waals surface area contributed by atoms with Crippen LogP contribution in [0.3, 0.4) is 0 Å². The summed E-state index contributed by atoms with van der Waals surface area (Å²) in [6.07, 6.45) is 1.42. The Morgan fingerprint density at radius 2 is 1.84 bits per heavy atom. The molecule has 1 aromatic heterocycles. The first-order chi connectivity index (χ1) is 12.0. The highest BCUT2D eigenvalue weighted by atomic mass is 35.5. The molecule has 0 radical (unpaired) electrons. The molecule has 0 bridgehead atoms. The lowest BCUT2D eigenvalue weighted by Crippen LogP contribution is -2.50. The zero-order chi connectivity index (χ0) is 18.0. The molecule has 134 valence electrons. The summed E-state index contributed by atoms with van der Waals surface area (Å²) < 4.78 is 2.56. The summed E-state index contributed by atoms with van der Waals surface area (Å²) in [5, 5.41) is 4.67. The number of aryl methyl sites for hydroxylation is 1. The molecular weight excluding hydrogens is 342 g/mol. The van der Waals surface area contributed by atoms with Crippen LogP contribution in [-0.4, -0.2) is 56.2 Å². The van der Waals surface area contributed by atoms with Crippen LogP contribution in [0.15, 0.2) is 35.4 Å². The highest BCUT2D eigenvalue weighted by Gasteiger charge is 2.25. The summed E-state index contributed by atoms with van der Waals surface area (Å²) in [5.74, 6) is -0.0698. The van der Waals surface area contributed by atoms with Crippen LogP contribution in [-0.2, 0) is 18.4 Å². The minimum Gasteiger partial charge on any atom is -0.339 e. The third-order valence-electron chi connectivity index (χ3n) is 4.74. The van der Waals surface area contributed by atoms with Crippen molar-refractivity contribution in [3.8, 4) is 0 Å². The Morgan fingerprint density at radius 3 is 2.40 bits per heavy atom. The van der Waals surface area contributed by atoms with Gasteiger partial charge in [-0.2, -0.15) is 5.10 Å². The van der Waals surface area contributed by atoms with Crippen molar-refractivity contribution in [3.05, 3.63) is 51.7 Å². The largest absolute Gasteiger partial charge is 0.345 e. The van der Waals surface area contributed by atoms with Crippen LogP contribution >= 0.6 is 11.6 Å². The van der Waals surface area contributed by atoms with Gasteiger partial charge in [0.25, 0.3) is 0 Å². The fourth-order valence-corrected chi connectivity index (χ4v) is 3.19. The van der Waals surface area contributed by atoms with Gasteiger partial charge in [0.05, 0.1) is 0 Å². The van der Waals surface area contributed by atoms with E-state index in [1.807, 2.05) is 24.3 Å². The highest BCUT2D eigenvalue weighted by Crippen LogP contribution is 2.23. The Morgan fingerprint density at radius 1 is 1.20 bits per heavy atom. The van der Waals surface area contributed by atoms with Gasteiger partial charge in [-0.05, 0) is 24.6 Å². The first-order valence-electron chi connectivity index (χ1n) is 8.31. The number of carbonyl (C=O) groups excluding carboxylic acids is 1. The summed E-state index contributed by atoms with van der Waals surface area (Å²) in [6.45, 7) is 5.05. The van der Waals surface area contributed by atoms with Crippen molar-refractivity contribution in [3.63, 3.8) is 0 Å². The monoisotopic (exact) mass is 363 g/mol. The fourth-order valence-electron chi connectivity index (χ4n) is 3.07. The van der Waals surface area contributed by atoms with E-state index in [1.165, 1.54) is 21.1 Å². The molecule has 1 aromatic carbocycles. The summed E-state index contributed by atoms with van der Waals surface area (Å²) in [5.41, 5.74) is 0.938. The third-order valence-corrected chi connectivity index (χ3v) is 4.99. The van der Waals surface area contributed by atoms with E-state index in [1.54, 1.807) is 11.9 Å². The lowest BCUT2D eigenvalue weighted by Gasteiger charge is -2.38. The van der Waals surface area contributed by atoms with Gasteiger partial charge in [-0.3, -0.25) is 14.3 Å². The summed E-state index contributed by atoms with van der Waals surface area (Å²) in [4.78, 5) is 28.3. The zero-order valence-electron chi connectivity index (χ0n) is 14.4. The Balaban J connectivity index is 1.56. The first-order valence-corrected chi connectivity index (χ1v) is 8.69. The lowest BCUT2D eigenvalue weighted by molar-refractivity contribution is -0.134. The molecule has 8 heteroatoms. The average Bonchev–Trinajstić information content (AvgIpc) is 2.94. The molecule has 1 unspecified atom stereocenters. The molecule has 1 saturated heterocycles. The second-order valence-electron chi connectivity index (χ2n) is 6.33. The molecule has 0 aliphatic carbocycles. The van der Waals surface area contributed by atoms with Gasteiger partial charge in [0.2, 0.25) is 5.91 Å². The van der Waals surface area contributed by atoms with Gasteiger partial charge in [0, 0.05) is 44.3 Å². The van der Waals surface area contributed by atoms with Gasteiger partial charge in [-0.25, -0.2) is 9.48 Å². The van der Waals surface area contributed by atoms with Crippen molar-refractivity contribution in [2.24, 2.45) is 7.05 Å². The number of halogens is 1. The minimum absolute atomic E-state index is 0.00753. The molecule has 2 heterocycles. The molecule has 0 N–H and O–H groups in total. The molecule has 25 heavy (non-hydrogen) atoms. The van der Waals surface area contributed by atoms with Crippen LogP contribution < -0.4 is 5.69 Å². The number of carbonyl (C=O) groups is 1. The van der Waals surface area contributed by atoms with Crippen LogP contribution in [0.5, 0.6) is 0 Å². The SMILES string of the molecule is CC(c1ccc(Cl)cc1)N1CCN(C(=O)Cn2ncn(C)c2=O)CC1. The van der Waals surface area contributed by atoms with Crippen molar-refractivity contribution in [2.45, 2.75) is 19.5 Å². The Kier molecular flexibility index (Phi) is 5.24. The zero-order valence-corrected chi connectivity index (χ0v) is 15.2. The molecule has 1 atom stereocenters. The number of benzene rings is 1. The Labute approximate surface area is 151 Å². The topological polar surface area (TPSA) is 63.4 Å². The smallest absolute Gasteiger partial charge is 0.339 e. The fraction of sp³-hybridized carbons (Fsp3) is 0.471. The Hall–Kier alpha value is -2.12. The van der Waals surface area contributed by atoms with E-state index < -0.39 is 0 Å². The van der Waals surface area contributed by atoms with Crippen molar-refractivity contribution >= 4 is 17.5 Å². The average molecular weight is 364 g/mol. The maximum atomic E-state index is 12.4. The van der Waals surface area contributed by atoms with E-state index in [9.17, 15) is 9.59 Å². The van der Waals surface area contributed by atoms with Crippen molar-refractivity contribution in [2.75, 3.05) is 26.2 Å². The van der Waals surface area contributed by atoms with Gasteiger partial charge >= 0.3 is 5.69 Å². The van der Waals surface area contributed by atoms with Crippen molar-refractivity contribution < 1.29 is 4.79 Å². The lowest BCUT2D eigenvalue weighted by atomic mass is 10.1. The number of nitrogens with zero attached hydrogens (tertiary/aromatic N) is 5. The van der Waals surface area contributed by atoms with Crippen LogP contribution in [0.4, 0.5) is 0 Å². The molecule has 1 fully saturated rings. The molecule has 2 aromatic rings. The number of hydrogen-bond donors (Lipinski definition) is 0. The maximum Gasteiger partial charge on any atom is 0.345 e. The van der Waals surface area contributed by atoms with E-state index in [-0.39, 0.29) is 24.2 Å². The van der Waals surface area contributed by atoms with Gasteiger partial charge in [-0.15, -0.1) is 0 Å². The van der Waals surface area contributed by atoms with Crippen LogP contribution in [0.25, 0.3) is 0 Å². The van der Waals surface area contributed by atoms with E-state index in [4.69, 9.17) is 11.6 Å². The molecule has 1 aliphatic rings. The number of rotatable bonds is 4. The second-order valence-corrected chi connectivity index (χ2v) is 6.76.